The van der Waals surface area contributed by atoms with Crippen molar-refractivity contribution in [3.8, 4) is 0 Å². The highest BCUT2D eigenvalue weighted by Gasteiger charge is 2.57. The molecule has 1 fully saturated rings. The Balaban J connectivity index is 1.99. The summed E-state index contributed by atoms with van der Waals surface area (Å²) in [6.45, 7) is 0.713. The van der Waals surface area contributed by atoms with Gasteiger partial charge in [0.25, 0.3) is 0 Å². The number of aliphatic hydroxyl groups is 1. The molecule has 2 atom stereocenters. The number of hydrogen-bond donors (Lipinski definition) is 2. The van der Waals surface area contributed by atoms with Crippen molar-refractivity contribution in [3.05, 3.63) is 24.1 Å². The van der Waals surface area contributed by atoms with E-state index in [0.29, 0.717) is 0 Å². The monoisotopic (exact) mass is 321 g/mol. The van der Waals surface area contributed by atoms with E-state index in [1.165, 1.54) is 17.9 Å². The van der Waals surface area contributed by atoms with Crippen molar-refractivity contribution in [2.24, 2.45) is 0 Å². The molecule has 5 nitrogen and oxygen atoms in total. The topological polar surface area (TPSA) is 65.5 Å². The van der Waals surface area contributed by atoms with Crippen LogP contribution < -0.4 is 5.32 Å². The highest BCUT2D eigenvalue weighted by molar-refractivity contribution is 5.93. The Bertz CT molecular complexity index is 549. The van der Waals surface area contributed by atoms with Crippen molar-refractivity contribution in [2.45, 2.75) is 31.2 Å². The maximum atomic E-state index is 12.7. The molecule has 9 heteroatoms. The van der Waals surface area contributed by atoms with Crippen molar-refractivity contribution in [2.75, 3.05) is 18.4 Å². The smallest absolute Gasteiger partial charge is 0.379 e. The van der Waals surface area contributed by atoms with E-state index in [0.717, 1.165) is 12.3 Å². The zero-order valence-corrected chi connectivity index (χ0v) is 11.7. The summed E-state index contributed by atoms with van der Waals surface area (Å²) in [6, 6.07) is 1.46. The lowest BCUT2D eigenvalue weighted by atomic mass is 10.0. The van der Waals surface area contributed by atoms with Crippen molar-refractivity contribution in [1.82, 2.24) is 9.88 Å². The number of nitrogens with zero attached hydrogens (tertiary/aromatic N) is 2. The molecule has 0 unspecified atom stereocenters. The average molecular weight is 321 g/mol. The van der Waals surface area contributed by atoms with Crippen LogP contribution in [0.25, 0.3) is 0 Å². The minimum absolute atomic E-state index is 0.0541. The number of carbonyl (C=O) groups excluding carboxylic acids is 1. The Morgan fingerprint density at radius 3 is 2.68 bits per heavy atom. The average Bonchev–Trinajstić information content (AvgIpc) is 2.84. The molecule has 1 aromatic heterocycles. The van der Waals surface area contributed by atoms with Crippen molar-refractivity contribution in [1.29, 1.82) is 0 Å². The summed E-state index contributed by atoms with van der Waals surface area (Å²) in [7, 11) is 0. The van der Waals surface area contributed by atoms with Crippen molar-refractivity contribution >= 4 is 11.7 Å². The molecule has 1 aliphatic rings. The fourth-order valence-electron chi connectivity index (χ4n) is 2.23. The van der Waals surface area contributed by atoms with Crippen LogP contribution in [0, 0.1) is 5.82 Å². The predicted molar refractivity (Wildman–Crippen MR) is 69.5 cm³/mol. The third-order valence-electron chi connectivity index (χ3n) is 3.71. The largest absolute Gasteiger partial charge is 0.418 e. The fourth-order valence-corrected chi connectivity index (χ4v) is 2.23. The van der Waals surface area contributed by atoms with Gasteiger partial charge >= 0.3 is 6.18 Å². The summed E-state index contributed by atoms with van der Waals surface area (Å²) in [4.78, 5) is 16.9. The maximum absolute atomic E-state index is 12.7. The van der Waals surface area contributed by atoms with Gasteiger partial charge < -0.3 is 10.4 Å². The Hall–Kier alpha value is -1.74. The first kappa shape index (κ1) is 16.6. The highest BCUT2D eigenvalue weighted by Crippen LogP contribution is 2.38. The standard InChI is InChI=1S/C13H15F4N3O2/c1-8(11(21)19-10-3-2-9(14)6-18-10)20-5-4-12(22,7-20)13(15,16)17/h2-3,6,8,22H,4-5,7H2,1H3,(H,18,19,21)/t8-,12+/m0/s1. The van der Waals surface area contributed by atoms with E-state index in [9.17, 15) is 27.5 Å². The van der Waals surface area contributed by atoms with E-state index in [1.807, 2.05) is 0 Å². The third kappa shape index (κ3) is 3.36. The van der Waals surface area contributed by atoms with Gasteiger partial charge in [-0.1, -0.05) is 0 Å². The van der Waals surface area contributed by atoms with Gasteiger partial charge in [-0.05, 0) is 25.5 Å². The summed E-state index contributed by atoms with van der Waals surface area (Å²) in [6.07, 6.45) is -4.31. The molecule has 22 heavy (non-hydrogen) atoms. The van der Waals surface area contributed by atoms with Gasteiger partial charge in [0.15, 0.2) is 5.60 Å². The molecule has 0 bridgehead atoms. The zero-order valence-electron chi connectivity index (χ0n) is 11.7. The van der Waals surface area contributed by atoms with Gasteiger partial charge in [0, 0.05) is 13.1 Å². The van der Waals surface area contributed by atoms with Crippen LogP contribution in [0.5, 0.6) is 0 Å². The number of alkyl halides is 3. The Kier molecular flexibility index (Phi) is 4.39. The number of rotatable bonds is 3. The molecule has 2 heterocycles. The molecule has 1 saturated heterocycles. The number of halogens is 4. The minimum Gasteiger partial charge on any atom is -0.379 e. The first-order chi connectivity index (χ1) is 10.1. The zero-order chi connectivity index (χ0) is 16.5. The lowest BCUT2D eigenvalue weighted by molar-refractivity contribution is -0.254. The van der Waals surface area contributed by atoms with E-state index in [-0.39, 0.29) is 12.4 Å². The summed E-state index contributed by atoms with van der Waals surface area (Å²) < 4.78 is 50.9. The Morgan fingerprint density at radius 2 is 2.18 bits per heavy atom. The number of nitrogens with one attached hydrogen (secondary N) is 1. The third-order valence-corrected chi connectivity index (χ3v) is 3.71. The van der Waals surface area contributed by atoms with E-state index >= 15 is 0 Å². The fraction of sp³-hybridized carbons (Fsp3) is 0.538. The number of anilines is 1. The highest BCUT2D eigenvalue weighted by atomic mass is 19.4. The van der Waals surface area contributed by atoms with E-state index in [1.54, 1.807) is 0 Å². The van der Waals surface area contributed by atoms with E-state index < -0.39 is 42.5 Å². The summed E-state index contributed by atoms with van der Waals surface area (Å²) in [5.41, 5.74) is -2.80. The van der Waals surface area contributed by atoms with Crippen LogP contribution in [-0.4, -0.2) is 51.8 Å². The normalized spacial score (nSPS) is 24.3. The van der Waals surface area contributed by atoms with Crippen LogP contribution in [0.1, 0.15) is 13.3 Å². The molecular formula is C13H15F4N3O2. The van der Waals surface area contributed by atoms with Crippen LogP contribution in [0.3, 0.4) is 0 Å². The van der Waals surface area contributed by atoms with Gasteiger partial charge in [-0.2, -0.15) is 13.2 Å². The lowest BCUT2D eigenvalue weighted by Crippen LogP contribution is -2.49. The molecule has 0 aliphatic carbocycles. The lowest BCUT2D eigenvalue weighted by Gasteiger charge is -2.28. The number of pyridine rings is 1. The van der Waals surface area contributed by atoms with Crippen LogP contribution in [0.2, 0.25) is 0 Å². The first-order valence-electron chi connectivity index (χ1n) is 6.58. The molecule has 122 valence electrons. The van der Waals surface area contributed by atoms with Gasteiger partial charge in [-0.25, -0.2) is 9.37 Å². The molecule has 2 rings (SSSR count). The van der Waals surface area contributed by atoms with Gasteiger partial charge in [0.1, 0.15) is 11.6 Å². The number of hydrogen-bond acceptors (Lipinski definition) is 4. The van der Waals surface area contributed by atoms with E-state index in [2.05, 4.69) is 10.3 Å². The summed E-state index contributed by atoms with van der Waals surface area (Å²) >= 11 is 0. The minimum atomic E-state index is -4.74. The van der Waals surface area contributed by atoms with Crippen molar-refractivity contribution in [3.63, 3.8) is 0 Å². The van der Waals surface area contributed by atoms with Gasteiger partial charge in [-0.3, -0.25) is 9.69 Å². The molecule has 1 aliphatic heterocycles. The molecule has 0 saturated carbocycles. The Morgan fingerprint density at radius 1 is 1.50 bits per heavy atom. The maximum Gasteiger partial charge on any atom is 0.418 e. The van der Waals surface area contributed by atoms with Gasteiger partial charge in [0.2, 0.25) is 5.91 Å². The molecule has 0 radical (unpaired) electrons. The summed E-state index contributed by atoms with van der Waals surface area (Å²) in [5.74, 6) is -1.05. The second-order valence-electron chi connectivity index (χ2n) is 5.28. The number of likely N-dealkylation sites (tertiary alicyclic amines) is 1. The summed E-state index contributed by atoms with van der Waals surface area (Å²) in [5, 5.41) is 12.0. The van der Waals surface area contributed by atoms with Crippen LogP contribution >= 0.6 is 0 Å². The van der Waals surface area contributed by atoms with Gasteiger partial charge in [-0.15, -0.1) is 0 Å². The second-order valence-corrected chi connectivity index (χ2v) is 5.28. The SMILES string of the molecule is C[C@@H](C(=O)Nc1ccc(F)cn1)N1CC[C@](O)(C(F)(F)F)C1. The number of β-amino-alcohol motifs (C(OH)–C–C–N with tert-alkyl or cyclic N) is 1. The van der Waals surface area contributed by atoms with E-state index in [4.69, 9.17) is 0 Å². The number of aromatic nitrogens is 1. The molecule has 2 N–H and O–H groups in total. The molecule has 1 amide bonds. The number of carbonyl (C=O) groups is 1. The first-order valence-corrected chi connectivity index (χ1v) is 6.58. The quantitative estimate of drug-likeness (QED) is 0.829. The van der Waals surface area contributed by atoms with Crippen LogP contribution in [0.4, 0.5) is 23.4 Å². The second kappa shape index (κ2) is 5.81. The molecule has 0 spiro atoms. The van der Waals surface area contributed by atoms with Gasteiger partial charge in [0.05, 0.1) is 12.2 Å². The Labute approximate surface area is 123 Å². The van der Waals surface area contributed by atoms with Crippen molar-refractivity contribution < 1.29 is 27.5 Å². The molecule has 1 aromatic rings. The van der Waals surface area contributed by atoms with Crippen LogP contribution in [0.15, 0.2) is 18.3 Å². The number of amides is 1. The molecular weight excluding hydrogens is 306 g/mol. The van der Waals surface area contributed by atoms with Crippen LogP contribution in [-0.2, 0) is 4.79 Å². The predicted octanol–water partition coefficient (Wildman–Crippen LogP) is 1.55. The molecule has 0 aromatic carbocycles.